The highest BCUT2D eigenvalue weighted by Gasteiger charge is 2.50. The van der Waals surface area contributed by atoms with Crippen LogP contribution in [-0.2, 0) is 74.5 Å². The Labute approximate surface area is 520 Å². The number of halogens is 4. The molecule has 2 saturated heterocycles. The third-order valence-electron chi connectivity index (χ3n) is 15.0. The van der Waals surface area contributed by atoms with Gasteiger partial charge in [-0.1, -0.05) is 51.9 Å². The smallest absolute Gasteiger partial charge is 0.480 e. The number of carbonyl (C=O) groups is 7. The number of aromatic nitrogens is 3. The number of nitrogens with one attached hydrogen (secondary N) is 4. The van der Waals surface area contributed by atoms with Crippen molar-refractivity contribution in [1.82, 2.24) is 40.7 Å². The molecule has 0 bridgehead atoms. The summed E-state index contributed by atoms with van der Waals surface area (Å²) in [5.74, 6) is -10.5. The predicted molar refractivity (Wildman–Crippen MR) is 319 cm³/mol. The van der Waals surface area contributed by atoms with E-state index in [-0.39, 0.29) is 81.8 Å². The average molecular weight is 1300 g/mol. The average Bonchev–Trinajstić information content (AvgIpc) is 2.20. The minimum absolute atomic E-state index is 0.0484. The summed E-state index contributed by atoms with van der Waals surface area (Å²) in [5, 5.41) is 27.9. The topological polar surface area (TPSA) is 319 Å². The van der Waals surface area contributed by atoms with E-state index >= 15 is 0 Å². The molecule has 9 rings (SSSR count). The van der Waals surface area contributed by atoms with Gasteiger partial charge in [0.25, 0.3) is 15.9 Å². The standard InChI is InChI=1S/C60H58F4N10O13S3/c1-59(2,53(57(80)81)71-51(76)14-13-50(75)68-27-34-5-4-6-36-29-73(30-44(34)36)52(77)22-37-20-48(70-54(37)78)56(79)74-32-60(63,64)24-41(74)25-65)89-88-18-17-86-58(82)87-31-40-10-7-35(26-67-40)42-15-16-66-46-11-8-33(19-43(42)46)38-21-47(55(85-3)69-28-38)72-90(83,84)49-12-9-39(61)23-45(49)62/h4-12,15-16,19,21,23,26,28,37,41,48,53,72H,13-14,17-18,20,22,24,27,29-32H2,1-3H3,(H,68,75)(H,70,78)(H,71,76)(H,80,81)/t37?,41-,48?,53?/m0/s1. The fraction of sp³-hybridized carbons (Fsp3) is 0.350. The number of benzene rings is 3. The molecule has 0 radical (unpaired) electrons. The number of carboxylic acid groups (broad SMARTS) is 1. The van der Waals surface area contributed by atoms with Gasteiger partial charge in [0.15, 0.2) is 0 Å². The van der Waals surface area contributed by atoms with Crippen molar-refractivity contribution in [3.8, 4) is 34.2 Å². The Morgan fingerprint density at radius 3 is 2.43 bits per heavy atom. The monoisotopic (exact) mass is 1300 g/mol. The van der Waals surface area contributed by atoms with Crippen molar-refractivity contribution in [2.45, 2.75) is 106 Å². The molecule has 5 amide bonds. The van der Waals surface area contributed by atoms with Crippen LogP contribution < -0.4 is 25.4 Å². The number of carboxylic acids is 1. The van der Waals surface area contributed by atoms with Crippen molar-refractivity contribution in [3.05, 3.63) is 131 Å². The van der Waals surface area contributed by atoms with Crippen molar-refractivity contribution >= 4 is 89.9 Å². The van der Waals surface area contributed by atoms with Crippen LogP contribution in [0.25, 0.3) is 33.2 Å². The second-order valence-electron chi connectivity index (χ2n) is 21.8. The van der Waals surface area contributed by atoms with Crippen LogP contribution in [0, 0.1) is 28.9 Å². The van der Waals surface area contributed by atoms with E-state index in [0.29, 0.717) is 44.9 Å². The molecule has 0 spiro atoms. The molecule has 472 valence electrons. The number of fused-ring (bicyclic) bond motifs is 2. The van der Waals surface area contributed by atoms with Crippen LogP contribution in [0.2, 0.25) is 0 Å². The van der Waals surface area contributed by atoms with Crippen molar-refractivity contribution in [1.29, 1.82) is 5.26 Å². The number of aliphatic carboxylic acids is 1. The van der Waals surface area contributed by atoms with E-state index in [0.717, 1.165) is 44.5 Å². The van der Waals surface area contributed by atoms with Gasteiger partial charge in [0.05, 0.1) is 35.7 Å². The van der Waals surface area contributed by atoms with Gasteiger partial charge in [-0.2, -0.15) is 5.26 Å². The molecule has 0 aliphatic carbocycles. The lowest BCUT2D eigenvalue weighted by atomic mass is 9.98. The van der Waals surface area contributed by atoms with E-state index in [2.05, 4.69) is 35.6 Å². The second kappa shape index (κ2) is 27.8. The lowest BCUT2D eigenvalue weighted by Crippen LogP contribution is -2.52. The summed E-state index contributed by atoms with van der Waals surface area (Å²) in [4.78, 5) is 105. The Balaban J connectivity index is 0.683. The molecule has 30 heteroatoms. The van der Waals surface area contributed by atoms with E-state index in [1.807, 2.05) is 12.1 Å². The molecule has 6 aromatic rings. The molecular weight excluding hydrogens is 1240 g/mol. The first-order valence-electron chi connectivity index (χ1n) is 27.8. The van der Waals surface area contributed by atoms with Crippen LogP contribution in [0.15, 0.2) is 102 Å². The number of likely N-dealkylation sites (tertiary alicyclic amines) is 1. The van der Waals surface area contributed by atoms with Gasteiger partial charge < -0.3 is 45.1 Å². The molecule has 3 aliphatic rings. The van der Waals surface area contributed by atoms with Gasteiger partial charge >= 0.3 is 12.1 Å². The fourth-order valence-corrected chi connectivity index (χ4v) is 14.0. The normalized spacial score (nSPS) is 17.2. The number of hydrogen-bond acceptors (Lipinski definition) is 18. The maximum atomic E-state index is 14.5. The highest BCUT2D eigenvalue weighted by atomic mass is 33.1. The third-order valence-corrected chi connectivity index (χ3v) is 19.7. The van der Waals surface area contributed by atoms with E-state index in [4.69, 9.17) is 14.2 Å². The SMILES string of the molecule is COc1ncc(-c2ccc3nccc(-c4ccc(COC(=O)OCCSSC(C)(C)C(NC(=O)CCC(=O)NCc5cccc6c5CN(C(=O)CC5CC(C(=O)N7CC(F)(F)C[C@H]7C#N)NC5=O)C6)C(=O)O)nc4)c3c2)cc1NS(=O)(=O)c1ccc(F)cc1F. The molecule has 3 aliphatic heterocycles. The highest BCUT2D eigenvalue weighted by molar-refractivity contribution is 8.77. The Kier molecular flexibility index (Phi) is 20.2. The van der Waals surface area contributed by atoms with Crippen molar-refractivity contribution in [3.63, 3.8) is 0 Å². The Bertz CT molecular complexity index is 3960. The predicted octanol–water partition coefficient (Wildman–Crippen LogP) is 7.42. The summed E-state index contributed by atoms with van der Waals surface area (Å²) in [6.07, 6.45) is 1.95. The third kappa shape index (κ3) is 15.7. The van der Waals surface area contributed by atoms with E-state index in [1.165, 1.54) is 35.1 Å². The number of carbonyl (C=O) groups excluding carboxylic acids is 6. The minimum Gasteiger partial charge on any atom is -0.480 e. The molecule has 3 aromatic carbocycles. The van der Waals surface area contributed by atoms with Crippen LogP contribution >= 0.6 is 21.6 Å². The summed E-state index contributed by atoms with van der Waals surface area (Å²) in [5.41, 5.74) is 5.67. The first-order valence-corrected chi connectivity index (χ1v) is 31.6. The number of nitriles is 1. The summed E-state index contributed by atoms with van der Waals surface area (Å²) < 4.78 is 99.3. The van der Waals surface area contributed by atoms with Gasteiger partial charge in [-0.3, -0.25) is 38.7 Å². The maximum absolute atomic E-state index is 14.5. The van der Waals surface area contributed by atoms with Crippen molar-refractivity contribution in [2.24, 2.45) is 5.92 Å². The molecular formula is C60H58F4N10O13S3. The van der Waals surface area contributed by atoms with Crippen LogP contribution in [0.1, 0.15) is 68.3 Å². The maximum Gasteiger partial charge on any atom is 0.508 e. The molecule has 6 heterocycles. The zero-order chi connectivity index (χ0) is 64.7. The van der Waals surface area contributed by atoms with E-state index in [1.54, 1.807) is 74.8 Å². The second-order valence-corrected chi connectivity index (χ2v) is 26.5. The molecule has 3 unspecified atom stereocenters. The number of methoxy groups -OCH3 is 1. The molecule has 3 aromatic heterocycles. The van der Waals surface area contributed by atoms with Gasteiger partial charge in [-0.05, 0) is 90.6 Å². The zero-order valence-electron chi connectivity index (χ0n) is 48.3. The number of sulfonamides is 1. The number of nitrogens with zero attached hydrogens (tertiary/aromatic N) is 6. The minimum atomic E-state index is -4.54. The first-order chi connectivity index (χ1) is 42.8. The summed E-state index contributed by atoms with van der Waals surface area (Å²) in [7, 11) is -0.923. The lowest BCUT2D eigenvalue weighted by Gasteiger charge is -2.30. The molecule has 2 fully saturated rings. The van der Waals surface area contributed by atoms with Crippen LogP contribution in [0.4, 0.5) is 28.0 Å². The Morgan fingerprint density at radius 1 is 0.933 bits per heavy atom. The Morgan fingerprint density at radius 2 is 1.70 bits per heavy atom. The highest BCUT2D eigenvalue weighted by Crippen LogP contribution is 2.40. The number of anilines is 1. The number of ether oxygens (including phenoxy) is 3. The van der Waals surface area contributed by atoms with Gasteiger partial charge in [-0.15, -0.1) is 0 Å². The molecule has 4 atom stereocenters. The number of hydrogen-bond donors (Lipinski definition) is 5. The molecule has 0 saturated carbocycles. The van der Waals surface area contributed by atoms with Crippen LogP contribution in [0.5, 0.6) is 5.88 Å². The molecule has 23 nitrogen and oxygen atoms in total. The molecule has 5 N–H and O–H groups in total. The van der Waals surface area contributed by atoms with Gasteiger partial charge in [0.2, 0.25) is 35.4 Å². The number of rotatable bonds is 24. The first kappa shape index (κ1) is 65.4. The zero-order valence-corrected chi connectivity index (χ0v) is 50.7. The number of amides is 5. The lowest BCUT2D eigenvalue weighted by molar-refractivity contribution is -0.142. The molecule has 90 heavy (non-hydrogen) atoms. The Hall–Kier alpha value is -9.08. The summed E-state index contributed by atoms with van der Waals surface area (Å²) in [6, 6.07) is 17.3. The summed E-state index contributed by atoms with van der Waals surface area (Å²) in [6.45, 7) is 2.38. The van der Waals surface area contributed by atoms with Crippen molar-refractivity contribution in [2.75, 3.05) is 30.7 Å². The largest absolute Gasteiger partial charge is 0.508 e. The fourth-order valence-electron chi connectivity index (χ4n) is 10.5. The number of pyridine rings is 3. The number of alkyl halides is 2. The van der Waals surface area contributed by atoms with Gasteiger partial charge in [0, 0.05) is 98.2 Å². The van der Waals surface area contributed by atoms with Gasteiger partial charge in [-0.25, -0.2) is 40.6 Å². The van der Waals surface area contributed by atoms with Crippen LogP contribution in [-0.4, -0.2) is 135 Å². The van der Waals surface area contributed by atoms with E-state index < -0.39 is 110 Å². The van der Waals surface area contributed by atoms with Crippen LogP contribution in [0.3, 0.4) is 0 Å². The van der Waals surface area contributed by atoms with E-state index in [9.17, 15) is 69.9 Å². The summed E-state index contributed by atoms with van der Waals surface area (Å²) >= 11 is 0. The van der Waals surface area contributed by atoms with Crippen molar-refractivity contribution < 1.29 is 78.9 Å². The van der Waals surface area contributed by atoms with Gasteiger partial charge in [0.1, 0.15) is 53.6 Å². The quantitative estimate of drug-likeness (QED) is 0.0170.